The zero-order chi connectivity index (χ0) is 23.5. The van der Waals surface area contributed by atoms with Crippen molar-refractivity contribution in [3.8, 4) is 22.9 Å². The Morgan fingerprint density at radius 1 is 1.06 bits per heavy atom. The highest BCUT2D eigenvalue weighted by atomic mass is 28.3. The van der Waals surface area contributed by atoms with Gasteiger partial charge in [-0.1, -0.05) is 51.4 Å². The molecule has 0 unspecified atom stereocenters. The van der Waals surface area contributed by atoms with E-state index in [-0.39, 0.29) is 0 Å². The van der Waals surface area contributed by atoms with Crippen molar-refractivity contribution in [3.63, 3.8) is 0 Å². The molecule has 0 spiro atoms. The van der Waals surface area contributed by atoms with E-state index in [0.29, 0.717) is 37.0 Å². The Morgan fingerprint density at radius 3 is 2.45 bits per heavy atom. The number of carbonyl (C=O) groups excluding carboxylic acids is 1. The van der Waals surface area contributed by atoms with Crippen LogP contribution >= 0.6 is 0 Å². The van der Waals surface area contributed by atoms with Crippen LogP contribution in [0.3, 0.4) is 0 Å². The summed E-state index contributed by atoms with van der Waals surface area (Å²) >= 11 is 0. The Hall–Kier alpha value is -2.45. The Kier molecular flexibility index (Phi) is 9.69. The lowest BCUT2D eigenvalue weighted by Crippen LogP contribution is -2.24. The van der Waals surface area contributed by atoms with Gasteiger partial charge in [-0.2, -0.15) is 0 Å². The van der Waals surface area contributed by atoms with Crippen molar-refractivity contribution in [2.24, 2.45) is 0 Å². The maximum absolute atomic E-state index is 11.8. The largest absolute Gasteiger partial charge is 0.516 e. The summed E-state index contributed by atoms with van der Waals surface area (Å²) in [6, 6.07) is 9.75. The average molecular weight is 473 g/mol. The normalized spacial score (nSPS) is 15.9. The molecular formula is C25H36N2O5Si. The number of rotatable bonds is 12. The third-order valence-electron chi connectivity index (χ3n) is 5.78. The van der Waals surface area contributed by atoms with Crippen molar-refractivity contribution in [2.45, 2.75) is 76.9 Å². The second kappa shape index (κ2) is 12.7. The summed E-state index contributed by atoms with van der Waals surface area (Å²) in [6.07, 6.45) is 8.63. The summed E-state index contributed by atoms with van der Waals surface area (Å²) in [7, 11) is -1.04. The molecule has 0 bridgehead atoms. The van der Waals surface area contributed by atoms with Crippen molar-refractivity contribution in [1.82, 2.24) is 9.97 Å². The summed E-state index contributed by atoms with van der Waals surface area (Å²) in [4.78, 5) is 20.6. The average Bonchev–Trinajstić information content (AvgIpc) is 3.31. The minimum Gasteiger partial charge on any atom is -0.490 e. The molecule has 0 aliphatic carbocycles. The van der Waals surface area contributed by atoms with Gasteiger partial charge in [0.1, 0.15) is 5.75 Å². The molecule has 8 heteroatoms. The minimum atomic E-state index is -1.04. The van der Waals surface area contributed by atoms with Crippen molar-refractivity contribution in [1.29, 1.82) is 0 Å². The van der Waals surface area contributed by atoms with Crippen LogP contribution < -0.4 is 9.47 Å². The lowest BCUT2D eigenvalue weighted by molar-refractivity contribution is -0.0809. The number of carbonyl (C=O) groups is 1. The molecule has 0 N–H and O–H groups in total. The van der Waals surface area contributed by atoms with Crippen LogP contribution in [0.4, 0.5) is 4.79 Å². The van der Waals surface area contributed by atoms with E-state index in [4.69, 9.17) is 18.9 Å². The molecular weight excluding hydrogens is 436 g/mol. The molecule has 1 atom stereocenters. The summed E-state index contributed by atoms with van der Waals surface area (Å²) in [5, 5.41) is 0. The number of unbranched alkanes of at least 4 members (excludes halogenated alkanes) is 2. The molecule has 1 aromatic carbocycles. The fraction of sp³-hybridized carbons (Fsp3) is 0.560. The zero-order valence-electron chi connectivity index (χ0n) is 20.0. The van der Waals surface area contributed by atoms with Crippen LogP contribution in [0, 0.1) is 0 Å². The molecule has 0 amide bonds. The molecule has 3 rings (SSSR count). The van der Waals surface area contributed by atoms with E-state index in [1.807, 2.05) is 0 Å². The van der Waals surface area contributed by atoms with Crippen LogP contribution in [0.25, 0.3) is 11.4 Å². The standard InChI is InChI=1S/C25H36N2O5Si/c1-4-5-16-33(2,3)17-7-6-14-29-22-18-26-24(27-19-22)20-10-12-21(13-11-20)31-25(28)32-23-9-8-15-30-23/h10-13,18-19,23H,4-9,14-17H2,1-3H3/t23-/m1/s1. The van der Waals surface area contributed by atoms with Gasteiger partial charge < -0.3 is 18.9 Å². The first-order valence-electron chi connectivity index (χ1n) is 12.0. The Labute approximate surface area is 197 Å². The van der Waals surface area contributed by atoms with E-state index in [1.54, 1.807) is 36.7 Å². The van der Waals surface area contributed by atoms with Crippen LogP contribution in [-0.2, 0) is 9.47 Å². The van der Waals surface area contributed by atoms with Gasteiger partial charge in [0, 0.05) is 20.1 Å². The zero-order valence-corrected chi connectivity index (χ0v) is 21.0. The van der Waals surface area contributed by atoms with Crippen LogP contribution in [0.2, 0.25) is 25.2 Å². The first-order valence-corrected chi connectivity index (χ1v) is 15.4. The molecule has 7 nitrogen and oxygen atoms in total. The molecule has 1 aliphatic rings. The number of benzene rings is 1. The molecule has 2 aromatic rings. The maximum Gasteiger partial charge on any atom is 0.516 e. The minimum absolute atomic E-state index is 0.391. The molecule has 1 aromatic heterocycles. The van der Waals surface area contributed by atoms with Crippen molar-refractivity contribution >= 4 is 14.2 Å². The molecule has 2 heterocycles. The van der Waals surface area contributed by atoms with Crippen molar-refractivity contribution < 1.29 is 23.7 Å². The fourth-order valence-corrected chi connectivity index (χ4v) is 6.52. The van der Waals surface area contributed by atoms with Gasteiger partial charge in [0.15, 0.2) is 11.6 Å². The highest BCUT2D eigenvalue weighted by Gasteiger charge is 2.21. The molecule has 0 radical (unpaired) electrons. The highest BCUT2D eigenvalue weighted by molar-refractivity contribution is 6.77. The molecule has 180 valence electrons. The lowest BCUT2D eigenvalue weighted by atomic mass is 10.2. The number of nitrogens with zero attached hydrogens (tertiary/aromatic N) is 2. The third kappa shape index (κ3) is 8.78. The second-order valence-electron chi connectivity index (χ2n) is 9.25. The van der Waals surface area contributed by atoms with Gasteiger partial charge in [0.05, 0.1) is 25.6 Å². The van der Waals surface area contributed by atoms with Gasteiger partial charge in [-0.05, 0) is 37.1 Å². The predicted octanol–water partition coefficient (Wildman–Crippen LogP) is 6.46. The molecule has 1 aliphatic heterocycles. The number of ether oxygens (including phenoxy) is 4. The number of hydrogen-bond donors (Lipinski definition) is 0. The summed E-state index contributed by atoms with van der Waals surface area (Å²) < 4.78 is 21.4. The summed E-state index contributed by atoms with van der Waals surface area (Å²) in [6.45, 7) is 8.55. The molecule has 1 saturated heterocycles. The summed E-state index contributed by atoms with van der Waals surface area (Å²) in [5.74, 6) is 1.65. The van der Waals surface area contributed by atoms with Crippen molar-refractivity contribution in [2.75, 3.05) is 13.2 Å². The molecule has 0 saturated carbocycles. The van der Waals surface area contributed by atoms with E-state index in [2.05, 4.69) is 30.0 Å². The van der Waals surface area contributed by atoms with Gasteiger partial charge in [-0.15, -0.1) is 0 Å². The fourth-order valence-electron chi connectivity index (χ4n) is 3.76. The Bertz CT molecular complexity index is 852. The van der Waals surface area contributed by atoms with Gasteiger partial charge in [-0.25, -0.2) is 14.8 Å². The van der Waals surface area contributed by atoms with E-state index in [1.165, 1.54) is 31.4 Å². The van der Waals surface area contributed by atoms with Crippen molar-refractivity contribution in [3.05, 3.63) is 36.7 Å². The lowest BCUT2D eigenvalue weighted by Gasteiger charge is -2.21. The Balaban J connectivity index is 1.39. The molecule has 1 fully saturated rings. The van der Waals surface area contributed by atoms with Gasteiger partial charge in [-0.3, -0.25) is 0 Å². The number of aromatic nitrogens is 2. The van der Waals surface area contributed by atoms with Crippen LogP contribution in [0.15, 0.2) is 36.7 Å². The SMILES string of the molecule is CCCC[Si](C)(C)CCCCOc1cnc(-c2ccc(OC(=O)O[C@@H]3CCCO3)cc2)nc1. The monoisotopic (exact) mass is 472 g/mol. The Morgan fingerprint density at radius 2 is 1.79 bits per heavy atom. The quantitative estimate of drug-likeness (QED) is 0.152. The van der Waals surface area contributed by atoms with Crippen LogP contribution in [0.5, 0.6) is 11.5 Å². The van der Waals surface area contributed by atoms with E-state index in [9.17, 15) is 4.79 Å². The van der Waals surface area contributed by atoms with Gasteiger partial charge >= 0.3 is 6.16 Å². The first kappa shape index (κ1) is 25.2. The van der Waals surface area contributed by atoms with E-state index in [0.717, 1.165) is 18.4 Å². The first-order chi connectivity index (χ1) is 15.9. The smallest absolute Gasteiger partial charge is 0.490 e. The second-order valence-corrected chi connectivity index (χ2v) is 14.6. The topological polar surface area (TPSA) is 79.8 Å². The van der Waals surface area contributed by atoms with Crippen LogP contribution in [0.1, 0.15) is 45.4 Å². The van der Waals surface area contributed by atoms with Gasteiger partial charge in [0.25, 0.3) is 0 Å². The van der Waals surface area contributed by atoms with E-state index >= 15 is 0 Å². The van der Waals surface area contributed by atoms with Crippen LogP contribution in [-0.4, -0.2) is 43.7 Å². The van der Waals surface area contributed by atoms with Gasteiger partial charge in [0.2, 0.25) is 6.29 Å². The maximum atomic E-state index is 11.8. The van der Waals surface area contributed by atoms with E-state index < -0.39 is 20.5 Å². The third-order valence-corrected chi connectivity index (χ3v) is 9.20. The summed E-state index contributed by atoms with van der Waals surface area (Å²) in [5.41, 5.74) is 0.820. The predicted molar refractivity (Wildman–Crippen MR) is 130 cm³/mol. The highest BCUT2D eigenvalue weighted by Crippen LogP contribution is 2.23. The molecule has 33 heavy (non-hydrogen) atoms. The number of hydrogen-bond acceptors (Lipinski definition) is 7.